The normalized spacial score (nSPS) is 12.0. The lowest BCUT2D eigenvalue weighted by Gasteiger charge is -2.12. The summed E-state index contributed by atoms with van der Waals surface area (Å²) in [5, 5.41) is 0. The largest absolute Gasteiger partial charge is 0.449 e. The summed E-state index contributed by atoms with van der Waals surface area (Å²) in [5.41, 5.74) is 3.76. The highest BCUT2D eigenvalue weighted by Crippen LogP contribution is 2.32. The number of halogens is 3. The van der Waals surface area contributed by atoms with Crippen LogP contribution in [0.15, 0.2) is 42.5 Å². The van der Waals surface area contributed by atoms with Crippen molar-refractivity contribution in [2.24, 2.45) is 0 Å². The first kappa shape index (κ1) is 15.6. The number of hydrogen-bond donors (Lipinski definition) is 0. The van der Waals surface area contributed by atoms with Crippen LogP contribution in [-0.4, -0.2) is 9.55 Å². The predicted octanol–water partition coefficient (Wildman–Crippen LogP) is 4.97. The Labute approximate surface area is 132 Å². The molecule has 0 N–H and O–H groups in total. The van der Waals surface area contributed by atoms with E-state index in [2.05, 4.69) is 4.98 Å². The zero-order valence-electron chi connectivity index (χ0n) is 13.0. The van der Waals surface area contributed by atoms with Crippen molar-refractivity contribution < 1.29 is 13.2 Å². The van der Waals surface area contributed by atoms with Gasteiger partial charge in [-0.3, -0.25) is 0 Å². The van der Waals surface area contributed by atoms with Gasteiger partial charge < -0.3 is 4.57 Å². The summed E-state index contributed by atoms with van der Waals surface area (Å²) in [7, 11) is 0. The maximum Gasteiger partial charge on any atom is 0.449 e. The summed E-state index contributed by atoms with van der Waals surface area (Å²) < 4.78 is 41.2. The Balaban J connectivity index is 2.10. The monoisotopic (exact) mass is 318 g/mol. The number of alkyl halides is 3. The van der Waals surface area contributed by atoms with E-state index in [0.717, 1.165) is 23.1 Å². The second-order valence-corrected chi connectivity index (χ2v) is 5.68. The Morgan fingerprint density at radius 1 is 1.00 bits per heavy atom. The van der Waals surface area contributed by atoms with Crippen LogP contribution in [0, 0.1) is 6.92 Å². The highest BCUT2D eigenvalue weighted by atomic mass is 19.4. The second-order valence-electron chi connectivity index (χ2n) is 5.68. The lowest BCUT2D eigenvalue weighted by Crippen LogP contribution is -2.15. The van der Waals surface area contributed by atoms with Crippen molar-refractivity contribution in [3.8, 4) is 0 Å². The van der Waals surface area contributed by atoms with E-state index in [0.29, 0.717) is 11.0 Å². The maximum atomic E-state index is 13.3. The van der Waals surface area contributed by atoms with Crippen LogP contribution in [0.1, 0.15) is 29.4 Å². The first-order valence-corrected chi connectivity index (χ1v) is 7.50. The van der Waals surface area contributed by atoms with Crippen LogP contribution in [0.5, 0.6) is 0 Å². The molecule has 0 amide bonds. The first-order valence-electron chi connectivity index (χ1n) is 7.50. The fourth-order valence-corrected chi connectivity index (χ4v) is 2.68. The van der Waals surface area contributed by atoms with Crippen molar-refractivity contribution >= 4 is 11.0 Å². The number of aryl methyl sites for hydroxylation is 2. The third-order valence-electron chi connectivity index (χ3n) is 3.93. The molecule has 0 radical (unpaired) electrons. The van der Waals surface area contributed by atoms with Crippen LogP contribution >= 0.6 is 0 Å². The Kier molecular flexibility index (Phi) is 3.88. The van der Waals surface area contributed by atoms with Gasteiger partial charge in [-0.25, -0.2) is 4.98 Å². The van der Waals surface area contributed by atoms with E-state index in [4.69, 9.17) is 0 Å². The van der Waals surface area contributed by atoms with Gasteiger partial charge in [0, 0.05) is 6.54 Å². The molecule has 3 aromatic rings. The molecule has 0 fully saturated rings. The summed E-state index contributed by atoms with van der Waals surface area (Å²) in [6.07, 6.45) is -3.57. The summed E-state index contributed by atoms with van der Waals surface area (Å²) >= 11 is 0. The molecule has 0 spiro atoms. The number of benzene rings is 2. The minimum atomic E-state index is -4.48. The molecule has 1 heterocycles. The molecule has 2 aromatic carbocycles. The number of hydrogen-bond acceptors (Lipinski definition) is 1. The lowest BCUT2D eigenvalue weighted by atomic mass is 10.1. The third kappa shape index (κ3) is 3.09. The molecule has 3 rings (SSSR count). The standard InChI is InChI=1S/C18H17F3N2/c1-3-13-5-7-14(8-6-13)11-23-16-9-4-12(2)10-15(16)22-17(23)18(19,20)21/h4-10H,3,11H2,1-2H3. The van der Waals surface area contributed by atoms with Crippen LogP contribution in [-0.2, 0) is 19.1 Å². The van der Waals surface area contributed by atoms with Crippen molar-refractivity contribution in [2.75, 3.05) is 0 Å². The molecule has 0 aliphatic heterocycles. The summed E-state index contributed by atoms with van der Waals surface area (Å²) in [4.78, 5) is 3.81. The molecule has 2 nitrogen and oxygen atoms in total. The summed E-state index contributed by atoms with van der Waals surface area (Å²) in [6, 6.07) is 12.8. The van der Waals surface area contributed by atoms with E-state index in [-0.39, 0.29) is 6.54 Å². The highest BCUT2D eigenvalue weighted by Gasteiger charge is 2.37. The van der Waals surface area contributed by atoms with Gasteiger partial charge in [0.25, 0.3) is 0 Å². The quantitative estimate of drug-likeness (QED) is 0.666. The number of nitrogens with zero attached hydrogens (tertiary/aromatic N) is 2. The predicted molar refractivity (Wildman–Crippen MR) is 84.4 cm³/mol. The van der Waals surface area contributed by atoms with E-state index in [1.54, 1.807) is 18.2 Å². The zero-order valence-corrected chi connectivity index (χ0v) is 13.0. The van der Waals surface area contributed by atoms with Crippen LogP contribution in [0.2, 0.25) is 0 Å². The topological polar surface area (TPSA) is 17.8 Å². The van der Waals surface area contributed by atoms with E-state index >= 15 is 0 Å². The van der Waals surface area contributed by atoms with Crippen LogP contribution in [0.3, 0.4) is 0 Å². The lowest BCUT2D eigenvalue weighted by molar-refractivity contribution is -0.146. The molecule has 0 aliphatic carbocycles. The van der Waals surface area contributed by atoms with Gasteiger partial charge in [-0.1, -0.05) is 37.3 Å². The Morgan fingerprint density at radius 3 is 2.26 bits per heavy atom. The van der Waals surface area contributed by atoms with Gasteiger partial charge >= 0.3 is 6.18 Å². The van der Waals surface area contributed by atoms with Gasteiger partial charge in [0.05, 0.1) is 11.0 Å². The average molecular weight is 318 g/mol. The summed E-state index contributed by atoms with van der Waals surface area (Å²) in [6.45, 7) is 4.04. The molecule has 23 heavy (non-hydrogen) atoms. The molecule has 5 heteroatoms. The van der Waals surface area contributed by atoms with Crippen LogP contribution in [0.4, 0.5) is 13.2 Å². The number of fused-ring (bicyclic) bond motifs is 1. The number of aromatic nitrogens is 2. The van der Waals surface area contributed by atoms with E-state index < -0.39 is 12.0 Å². The highest BCUT2D eigenvalue weighted by molar-refractivity contribution is 5.77. The third-order valence-corrected chi connectivity index (χ3v) is 3.93. The van der Waals surface area contributed by atoms with E-state index in [9.17, 15) is 13.2 Å². The van der Waals surface area contributed by atoms with Gasteiger partial charge in [0.1, 0.15) is 0 Å². The molecule has 0 saturated heterocycles. The minimum Gasteiger partial charge on any atom is -0.316 e. The molecule has 0 atom stereocenters. The molecule has 0 unspecified atom stereocenters. The molecule has 0 aliphatic rings. The minimum absolute atomic E-state index is 0.151. The SMILES string of the molecule is CCc1ccc(Cn2c(C(F)(F)F)nc3cc(C)ccc32)cc1. The molecule has 1 aromatic heterocycles. The second kappa shape index (κ2) is 5.72. The van der Waals surface area contributed by atoms with Crippen LogP contribution < -0.4 is 0 Å². The molecule has 0 saturated carbocycles. The first-order chi connectivity index (χ1) is 10.9. The number of rotatable bonds is 3. The summed E-state index contributed by atoms with van der Waals surface area (Å²) in [5.74, 6) is -0.849. The van der Waals surface area contributed by atoms with Crippen LogP contribution in [0.25, 0.3) is 11.0 Å². The van der Waals surface area contributed by atoms with E-state index in [1.165, 1.54) is 4.57 Å². The van der Waals surface area contributed by atoms with Gasteiger partial charge in [-0.05, 0) is 42.2 Å². The van der Waals surface area contributed by atoms with Gasteiger partial charge in [-0.2, -0.15) is 13.2 Å². The Hall–Kier alpha value is -2.30. The average Bonchev–Trinajstić information content (AvgIpc) is 2.86. The fourth-order valence-electron chi connectivity index (χ4n) is 2.68. The van der Waals surface area contributed by atoms with Crippen molar-refractivity contribution in [1.82, 2.24) is 9.55 Å². The van der Waals surface area contributed by atoms with Crippen molar-refractivity contribution in [1.29, 1.82) is 0 Å². The fraction of sp³-hybridized carbons (Fsp3) is 0.278. The Morgan fingerprint density at radius 2 is 1.65 bits per heavy atom. The van der Waals surface area contributed by atoms with Crippen molar-refractivity contribution in [3.63, 3.8) is 0 Å². The Bertz CT molecular complexity index is 830. The van der Waals surface area contributed by atoms with Crippen molar-refractivity contribution in [3.05, 3.63) is 65.0 Å². The molecular weight excluding hydrogens is 301 g/mol. The molecule has 120 valence electrons. The van der Waals surface area contributed by atoms with Crippen molar-refractivity contribution in [2.45, 2.75) is 33.0 Å². The smallest absolute Gasteiger partial charge is 0.316 e. The van der Waals surface area contributed by atoms with Gasteiger partial charge in [-0.15, -0.1) is 0 Å². The van der Waals surface area contributed by atoms with Gasteiger partial charge in [0.2, 0.25) is 5.82 Å². The maximum absolute atomic E-state index is 13.3. The van der Waals surface area contributed by atoms with E-state index in [1.807, 2.05) is 38.1 Å². The molecule has 0 bridgehead atoms. The number of imidazole rings is 1. The van der Waals surface area contributed by atoms with Gasteiger partial charge in [0.15, 0.2) is 0 Å². The zero-order chi connectivity index (χ0) is 16.6. The molecular formula is C18H17F3N2.